The number of nitrogens with one attached hydrogen (secondary N) is 1. The largest absolute Gasteiger partial charge is 0.497 e. The van der Waals surface area contributed by atoms with Gasteiger partial charge in [-0.3, -0.25) is 4.79 Å². The Morgan fingerprint density at radius 2 is 1.41 bits per heavy atom. The molecule has 0 bridgehead atoms. The highest BCUT2D eigenvalue weighted by Gasteiger charge is 2.36. The summed E-state index contributed by atoms with van der Waals surface area (Å²) in [5.74, 6) is 0.669. The van der Waals surface area contributed by atoms with Crippen molar-refractivity contribution in [2.45, 2.75) is 0 Å². The summed E-state index contributed by atoms with van der Waals surface area (Å²) in [6, 6.07) is 11.6. The highest BCUT2D eigenvalue weighted by atomic mass is 16.7. The summed E-state index contributed by atoms with van der Waals surface area (Å²) in [6.45, 7) is -0.282. The molecule has 0 atom stereocenters. The Kier molecular flexibility index (Phi) is 7.43. The van der Waals surface area contributed by atoms with Crippen molar-refractivity contribution in [2.75, 3.05) is 47.3 Å². The molecule has 3 aromatic rings. The van der Waals surface area contributed by atoms with E-state index in [0.29, 0.717) is 17.0 Å². The van der Waals surface area contributed by atoms with Crippen LogP contribution in [-0.4, -0.2) is 53.9 Å². The first-order valence-electron chi connectivity index (χ1n) is 12.1. The fraction of sp³-hybridized carbons (Fsp3) is 0.207. The summed E-state index contributed by atoms with van der Waals surface area (Å²) < 4.78 is 44.1. The third kappa shape index (κ3) is 4.85. The van der Waals surface area contributed by atoms with Crippen molar-refractivity contribution in [1.29, 1.82) is 5.26 Å². The number of anilines is 1. The number of carbonyl (C=O) groups excluding carboxylic acids is 2. The second-order valence-electron chi connectivity index (χ2n) is 8.52. The van der Waals surface area contributed by atoms with Crippen LogP contribution in [0.1, 0.15) is 15.9 Å². The van der Waals surface area contributed by atoms with Crippen LogP contribution in [-0.2, 0) is 9.53 Å². The van der Waals surface area contributed by atoms with Crippen LogP contribution in [0.5, 0.6) is 40.2 Å². The van der Waals surface area contributed by atoms with Crippen LogP contribution in [0, 0.1) is 11.3 Å². The maximum absolute atomic E-state index is 13.2. The molecule has 0 spiro atoms. The van der Waals surface area contributed by atoms with E-state index in [2.05, 4.69) is 5.32 Å². The number of esters is 1. The third-order valence-corrected chi connectivity index (χ3v) is 6.36. The maximum atomic E-state index is 13.2. The molecule has 12 heteroatoms. The number of ether oxygens (including phenoxy) is 8. The van der Waals surface area contributed by atoms with Crippen LogP contribution in [0.15, 0.2) is 42.0 Å². The van der Waals surface area contributed by atoms with E-state index in [1.54, 1.807) is 30.3 Å². The Bertz CT molecular complexity index is 1610. The van der Waals surface area contributed by atoms with Gasteiger partial charge >= 0.3 is 5.97 Å². The Balaban J connectivity index is 1.73. The van der Waals surface area contributed by atoms with Crippen molar-refractivity contribution in [2.24, 2.45) is 0 Å². The molecule has 0 aromatic heterocycles. The smallest absolute Gasteiger partial charge is 0.338 e. The van der Waals surface area contributed by atoms with Crippen molar-refractivity contribution in [3.63, 3.8) is 0 Å². The summed E-state index contributed by atoms with van der Waals surface area (Å²) in [6.07, 6.45) is 1.35. The zero-order chi connectivity index (χ0) is 29.1. The van der Waals surface area contributed by atoms with Gasteiger partial charge in [0.1, 0.15) is 17.4 Å². The van der Waals surface area contributed by atoms with E-state index in [1.807, 2.05) is 6.07 Å². The van der Waals surface area contributed by atoms with Gasteiger partial charge in [0.15, 0.2) is 23.0 Å². The van der Waals surface area contributed by atoms with Crippen LogP contribution in [0.25, 0.3) is 17.2 Å². The quantitative estimate of drug-likeness (QED) is 0.241. The zero-order valence-electron chi connectivity index (χ0n) is 22.5. The van der Waals surface area contributed by atoms with Crippen LogP contribution in [0.2, 0.25) is 0 Å². The lowest BCUT2D eigenvalue weighted by Gasteiger charge is -2.18. The van der Waals surface area contributed by atoms with Crippen LogP contribution in [0.3, 0.4) is 0 Å². The number of hydrogen-bond acceptors (Lipinski definition) is 11. The Morgan fingerprint density at radius 3 is 1.98 bits per heavy atom. The number of benzene rings is 3. The first kappa shape index (κ1) is 27.0. The summed E-state index contributed by atoms with van der Waals surface area (Å²) in [5, 5.41) is 12.7. The fourth-order valence-corrected chi connectivity index (χ4v) is 4.47. The Hall–Kier alpha value is -5.57. The molecule has 3 aromatic carbocycles. The monoisotopic (exact) mass is 560 g/mol. The number of nitrogens with zero attached hydrogens (tertiary/aromatic N) is 1. The predicted octanol–water partition coefficient (Wildman–Crippen LogP) is 4.17. The molecule has 12 nitrogen and oxygen atoms in total. The lowest BCUT2D eigenvalue weighted by Crippen LogP contribution is -2.13. The van der Waals surface area contributed by atoms with E-state index in [-0.39, 0.29) is 70.3 Å². The minimum Gasteiger partial charge on any atom is -0.497 e. The third-order valence-electron chi connectivity index (χ3n) is 6.36. The normalized spacial score (nSPS) is 12.8. The predicted molar refractivity (Wildman–Crippen MR) is 144 cm³/mol. The molecule has 210 valence electrons. The van der Waals surface area contributed by atoms with Gasteiger partial charge in [-0.2, -0.15) is 5.26 Å². The van der Waals surface area contributed by atoms with E-state index in [9.17, 15) is 14.9 Å². The number of amides is 1. The molecule has 2 aliphatic heterocycles. The second kappa shape index (κ2) is 11.3. The minimum absolute atomic E-state index is 0.0623. The zero-order valence-corrected chi connectivity index (χ0v) is 22.5. The number of fused-ring (bicyclic) bond motifs is 2. The van der Waals surface area contributed by atoms with Crippen molar-refractivity contribution in [3.05, 3.63) is 53.1 Å². The molecule has 5 rings (SSSR count). The molecule has 0 saturated heterocycles. The molecular formula is C29H24N2O10. The summed E-state index contributed by atoms with van der Waals surface area (Å²) in [5.41, 5.74) is 1.08. The van der Waals surface area contributed by atoms with Gasteiger partial charge in [0.2, 0.25) is 25.1 Å². The van der Waals surface area contributed by atoms with Gasteiger partial charge < -0.3 is 43.2 Å². The Morgan fingerprint density at radius 1 is 0.829 bits per heavy atom. The average Bonchev–Trinajstić information content (AvgIpc) is 3.69. The number of rotatable bonds is 8. The molecule has 41 heavy (non-hydrogen) atoms. The topological polar surface area (TPSA) is 144 Å². The van der Waals surface area contributed by atoms with Gasteiger partial charge in [-0.15, -0.1) is 0 Å². The van der Waals surface area contributed by atoms with Crippen molar-refractivity contribution in [3.8, 4) is 57.4 Å². The van der Waals surface area contributed by atoms with Gasteiger partial charge in [0.05, 0.1) is 34.0 Å². The van der Waals surface area contributed by atoms with E-state index < -0.39 is 11.9 Å². The molecule has 0 saturated carbocycles. The fourth-order valence-electron chi connectivity index (χ4n) is 4.47. The lowest BCUT2D eigenvalue weighted by molar-refractivity contribution is -0.112. The van der Waals surface area contributed by atoms with Gasteiger partial charge in [0.25, 0.3) is 5.91 Å². The maximum Gasteiger partial charge on any atom is 0.338 e. The van der Waals surface area contributed by atoms with Gasteiger partial charge in [-0.05, 0) is 48.0 Å². The minimum atomic E-state index is -0.701. The first-order chi connectivity index (χ1) is 19.9. The highest BCUT2D eigenvalue weighted by molar-refractivity contribution is 6.11. The molecule has 1 N–H and O–H groups in total. The molecule has 0 fully saturated rings. The second-order valence-corrected chi connectivity index (χ2v) is 8.52. The first-order valence-corrected chi connectivity index (χ1v) is 12.1. The standard InChI is InChI=1S/C29H24N2O10/c1-34-18-7-5-17(6-8-18)31-28(32)16(12-30)9-15-10-20(35-2)24-26(40-13-38-24)22(15)23-19(29(33)37-4)11-21(36-3)25-27(23)41-14-39-25/h5-11H,13-14H2,1-4H3,(H,31,32)/b16-9+. The molecule has 0 unspecified atom stereocenters. The van der Waals surface area contributed by atoms with E-state index in [4.69, 9.17) is 37.9 Å². The van der Waals surface area contributed by atoms with E-state index in [1.165, 1.54) is 40.6 Å². The van der Waals surface area contributed by atoms with Gasteiger partial charge in [0, 0.05) is 16.8 Å². The molecule has 0 radical (unpaired) electrons. The number of carbonyl (C=O) groups is 2. The summed E-state index contributed by atoms with van der Waals surface area (Å²) in [7, 11) is 5.63. The van der Waals surface area contributed by atoms with E-state index in [0.717, 1.165) is 0 Å². The van der Waals surface area contributed by atoms with Crippen LogP contribution < -0.4 is 38.5 Å². The number of hydrogen-bond donors (Lipinski definition) is 1. The Labute approximate surface area is 234 Å². The molecule has 0 aliphatic carbocycles. The van der Waals surface area contributed by atoms with Crippen molar-refractivity contribution in [1.82, 2.24) is 0 Å². The number of nitriles is 1. The summed E-state index contributed by atoms with van der Waals surface area (Å²) in [4.78, 5) is 26.2. The van der Waals surface area contributed by atoms with Crippen LogP contribution >= 0.6 is 0 Å². The summed E-state index contributed by atoms with van der Waals surface area (Å²) >= 11 is 0. The van der Waals surface area contributed by atoms with Gasteiger partial charge in [-0.1, -0.05) is 0 Å². The van der Waals surface area contributed by atoms with Crippen molar-refractivity contribution >= 4 is 23.6 Å². The van der Waals surface area contributed by atoms with Crippen LogP contribution in [0.4, 0.5) is 5.69 Å². The number of methoxy groups -OCH3 is 4. The molecular weight excluding hydrogens is 536 g/mol. The van der Waals surface area contributed by atoms with Crippen molar-refractivity contribution < 1.29 is 47.5 Å². The highest BCUT2D eigenvalue weighted by Crippen LogP contribution is 2.57. The molecule has 2 aliphatic rings. The SMILES string of the molecule is COC(=O)c1cc(OC)c2c(c1-c1c(/C=C(\C#N)C(=O)Nc3ccc(OC)cc3)cc(OC)c3c1OCO3)OCO2. The van der Waals surface area contributed by atoms with E-state index >= 15 is 0 Å². The molecule has 1 amide bonds. The van der Waals surface area contributed by atoms with Gasteiger partial charge in [-0.25, -0.2) is 4.79 Å². The lowest BCUT2D eigenvalue weighted by atomic mass is 9.91. The molecule has 2 heterocycles. The average molecular weight is 561 g/mol.